The molecule has 0 aliphatic carbocycles. The number of hydrogen-bond donors (Lipinski definition) is 1. The predicted molar refractivity (Wildman–Crippen MR) is 94.1 cm³/mol. The highest BCUT2D eigenvalue weighted by Crippen LogP contribution is 2.29. The summed E-state index contributed by atoms with van der Waals surface area (Å²) in [5.74, 6) is 0.0275. The van der Waals surface area contributed by atoms with Gasteiger partial charge in [0.2, 0.25) is 0 Å². The first kappa shape index (κ1) is 16.5. The van der Waals surface area contributed by atoms with Crippen LogP contribution in [0.2, 0.25) is 0 Å². The molecular weight excluding hydrogens is 399 g/mol. The molecule has 2 aromatic rings. The Morgan fingerprint density at radius 2 is 1.52 bits per heavy atom. The monoisotopic (exact) mass is 416 g/mol. The topological polar surface area (TPSA) is 54.4 Å². The van der Waals surface area contributed by atoms with Crippen molar-refractivity contribution in [3.63, 3.8) is 0 Å². The predicted octanol–water partition coefficient (Wildman–Crippen LogP) is 3.58. The normalized spacial score (nSPS) is 14.6. The molecule has 0 amide bonds. The number of aliphatic hydroxyl groups is 1. The van der Waals surface area contributed by atoms with E-state index in [0.717, 1.165) is 11.1 Å². The van der Waals surface area contributed by atoms with E-state index in [0.29, 0.717) is 5.56 Å². The van der Waals surface area contributed by atoms with E-state index >= 15 is 0 Å². The zero-order valence-corrected chi connectivity index (χ0v) is 14.6. The molecule has 0 aromatic heterocycles. The number of sulfone groups is 1. The zero-order valence-electron chi connectivity index (χ0n) is 11.6. The smallest absolute Gasteiger partial charge is 0.164 e. The van der Waals surface area contributed by atoms with Gasteiger partial charge in [-0.15, -0.1) is 0 Å². The van der Waals surface area contributed by atoms with Gasteiger partial charge in [0.1, 0.15) is 9.36 Å². The number of rotatable bonds is 5. The molecule has 0 spiro atoms. The van der Waals surface area contributed by atoms with E-state index < -0.39 is 19.2 Å². The lowest BCUT2D eigenvalue weighted by atomic mass is 10.0. The van der Waals surface area contributed by atoms with E-state index in [1.165, 1.54) is 0 Å². The summed E-state index contributed by atoms with van der Waals surface area (Å²) < 4.78 is 22.8. The Hall–Kier alpha value is -0.920. The summed E-state index contributed by atoms with van der Waals surface area (Å²) in [6, 6.07) is 17.3. The van der Waals surface area contributed by atoms with Crippen molar-refractivity contribution in [3.8, 4) is 11.1 Å². The summed E-state index contributed by atoms with van der Waals surface area (Å²) >= 11 is 1.80. The third-order valence-electron chi connectivity index (χ3n) is 3.35. The Kier molecular flexibility index (Phi) is 5.40. The van der Waals surface area contributed by atoms with Gasteiger partial charge in [-0.1, -0.05) is 84.1 Å². The van der Waals surface area contributed by atoms with Crippen LogP contribution in [0.1, 0.15) is 18.6 Å². The summed E-state index contributed by atoms with van der Waals surface area (Å²) in [6.45, 7) is 1.59. The Bertz CT molecular complexity index is 681. The van der Waals surface area contributed by atoms with Crippen molar-refractivity contribution in [2.45, 2.75) is 16.3 Å². The van der Waals surface area contributed by atoms with Crippen LogP contribution in [0.25, 0.3) is 11.1 Å². The highest BCUT2D eigenvalue weighted by Gasteiger charge is 2.29. The number of benzene rings is 2. The Labute approximate surface area is 139 Å². The molecule has 5 heteroatoms. The minimum Gasteiger partial charge on any atom is -0.386 e. The average molecular weight is 416 g/mol. The number of halogens is 1. The molecule has 0 aliphatic rings. The van der Waals surface area contributed by atoms with Gasteiger partial charge in [0.25, 0.3) is 0 Å². The maximum absolute atomic E-state index is 11.8. The zero-order chi connectivity index (χ0) is 15.5. The maximum atomic E-state index is 11.8. The van der Waals surface area contributed by atoms with Crippen molar-refractivity contribution in [3.05, 3.63) is 60.2 Å². The lowest BCUT2D eigenvalue weighted by Crippen LogP contribution is -2.24. The molecule has 3 nitrogen and oxygen atoms in total. The van der Waals surface area contributed by atoms with Gasteiger partial charge in [0.05, 0.1) is 0 Å². The molecule has 0 saturated heterocycles. The third-order valence-corrected chi connectivity index (χ3v) is 8.11. The Morgan fingerprint density at radius 3 is 2.05 bits per heavy atom. The largest absolute Gasteiger partial charge is 0.386 e. The van der Waals surface area contributed by atoms with Crippen LogP contribution in [0.5, 0.6) is 0 Å². The Morgan fingerprint density at radius 1 is 1.00 bits per heavy atom. The number of alkyl halides is 1. The molecule has 0 bridgehead atoms. The SMILES string of the molecule is CCS(=O)(=O)C(I)C(O)c1ccc(-c2ccccc2)cc1. The third kappa shape index (κ3) is 3.84. The first-order valence-corrected chi connectivity index (χ1v) is 9.61. The lowest BCUT2D eigenvalue weighted by molar-refractivity contribution is 0.197. The summed E-state index contributed by atoms with van der Waals surface area (Å²) in [5.41, 5.74) is 2.74. The molecule has 0 saturated carbocycles. The highest BCUT2D eigenvalue weighted by molar-refractivity contribution is 14.1. The van der Waals surface area contributed by atoms with Crippen LogP contribution in [0.15, 0.2) is 54.6 Å². The molecule has 2 atom stereocenters. The van der Waals surface area contributed by atoms with Crippen LogP contribution in [-0.2, 0) is 9.84 Å². The first-order chi connectivity index (χ1) is 9.95. The Balaban J connectivity index is 2.23. The highest BCUT2D eigenvalue weighted by atomic mass is 127. The summed E-state index contributed by atoms with van der Waals surface area (Å²) in [7, 11) is -3.27. The van der Waals surface area contributed by atoms with Gasteiger partial charge in [-0.3, -0.25) is 0 Å². The number of aliphatic hydroxyl groups excluding tert-OH is 1. The van der Waals surface area contributed by atoms with Crippen molar-refractivity contribution >= 4 is 32.4 Å². The second-order valence-corrected chi connectivity index (χ2v) is 9.33. The fourth-order valence-corrected chi connectivity index (χ4v) is 4.37. The standard InChI is InChI=1S/C16H17IO3S/c1-2-21(19,20)16(17)15(18)14-10-8-13(9-11-14)12-6-4-3-5-7-12/h3-11,15-16,18H,2H2,1H3. The van der Waals surface area contributed by atoms with Crippen LogP contribution in [0, 0.1) is 0 Å². The molecule has 112 valence electrons. The maximum Gasteiger partial charge on any atom is 0.164 e. The van der Waals surface area contributed by atoms with Crippen LogP contribution >= 0.6 is 22.6 Å². The van der Waals surface area contributed by atoms with Gasteiger partial charge < -0.3 is 5.11 Å². The second-order valence-electron chi connectivity index (χ2n) is 4.74. The van der Waals surface area contributed by atoms with Crippen LogP contribution < -0.4 is 0 Å². The average Bonchev–Trinajstić information content (AvgIpc) is 2.54. The van der Waals surface area contributed by atoms with E-state index in [1.54, 1.807) is 41.6 Å². The molecule has 2 aromatic carbocycles. The molecule has 2 unspecified atom stereocenters. The first-order valence-electron chi connectivity index (χ1n) is 6.65. The molecule has 0 radical (unpaired) electrons. The lowest BCUT2D eigenvalue weighted by Gasteiger charge is -2.17. The summed E-state index contributed by atoms with van der Waals surface area (Å²) in [5, 5.41) is 10.2. The molecule has 21 heavy (non-hydrogen) atoms. The van der Waals surface area contributed by atoms with Crippen molar-refractivity contribution in [2.24, 2.45) is 0 Å². The van der Waals surface area contributed by atoms with Gasteiger partial charge in [0.15, 0.2) is 9.84 Å². The number of hydrogen-bond acceptors (Lipinski definition) is 3. The fourth-order valence-electron chi connectivity index (χ4n) is 2.01. The summed E-state index contributed by atoms with van der Waals surface area (Å²) in [4.78, 5) is 0. The minimum atomic E-state index is -3.27. The van der Waals surface area contributed by atoms with E-state index in [1.807, 2.05) is 42.5 Å². The molecule has 0 aliphatic heterocycles. The molecule has 2 rings (SSSR count). The van der Waals surface area contributed by atoms with Crippen molar-refractivity contribution in [1.82, 2.24) is 0 Å². The van der Waals surface area contributed by atoms with Crippen LogP contribution in [0.4, 0.5) is 0 Å². The van der Waals surface area contributed by atoms with E-state index in [2.05, 4.69) is 0 Å². The second kappa shape index (κ2) is 6.89. The fraction of sp³-hybridized carbons (Fsp3) is 0.250. The van der Waals surface area contributed by atoms with Crippen molar-refractivity contribution < 1.29 is 13.5 Å². The van der Waals surface area contributed by atoms with E-state index in [-0.39, 0.29) is 5.75 Å². The van der Waals surface area contributed by atoms with Crippen LogP contribution in [0.3, 0.4) is 0 Å². The van der Waals surface area contributed by atoms with E-state index in [4.69, 9.17) is 0 Å². The van der Waals surface area contributed by atoms with E-state index in [9.17, 15) is 13.5 Å². The van der Waals surface area contributed by atoms with Gasteiger partial charge in [-0.2, -0.15) is 0 Å². The van der Waals surface area contributed by atoms with Gasteiger partial charge in [0, 0.05) is 5.75 Å². The summed E-state index contributed by atoms with van der Waals surface area (Å²) in [6.07, 6.45) is -1.01. The molecule has 0 fully saturated rings. The van der Waals surface area contributed by atoms with Crippen molar-refractivity contribution in [2.75, 3.05) is 5.75 Å². The van der Waals surface area contributed by atoms with Gasteiger partial charge >= 0.3 is 0 Å². The van der Waals surface area contributed by atoms with Gasteiger partial charge in [-0.25, -0.2) is 8.42 Å². The molecule has 0 heterocycles. The quantitative estimate of drug-likeness (QED) is 0.599. The van der Waals surface area contributed by atoms with Crippen LogP contribution in [-0.4, -0.2) is 22.5 Å². The van der Waals surface area contributed by atoms with Gasteiger partial charge in [-0.05, 0) is 16.7 Å². The molecule has 1 N–H and O–H groups in total. The van der Waals surface area contributed by atoms with Crippen molar-refractivity contribution in [1.29, 1.82) is 0 Å². The molecular formula is C16H17IO3S. The minimum absolute atomic E-state index is 0.0275.